The summed E-state index contributed by atoms with van der Waals surface area (Å²) in [5.74, 6) is -0.442. The Balaban J connectivity index is 0.000000341. The number of aromatic nitrogens is 5. The van der Waals surface area contributed by atoms with Crippen LogP contribution in [-0.2, 0) is 16.0 Å². The van der Waals surface area contributed by atoms with E-state index in [9.17, 15) is 34.2 Å². The van der Waals surface area contributed by atoms with Gasteiger partial charge >= 0.3 is 23.6 Å². The van der Waals surface area contributed by atoms with Gasteiger partial charge in [0.05, 0.1) is 16.4 Å². The molecule has 0 aromatic carbocycles. The molecule has 46 heavy (non-hydrogen) atoms. The molecule has 18 heteroatoms. The topological polar surface area (TPSA) is 219 Å². The lowest BCUT2D eigenvalue weighted by Crippen LogP contribution is -2.37. The first kappa shape index (κ1) is 36.8. The van der Waals surface area contributed by atoms with E-state index in [4.69, 9.17) is 9.47 Å². The molecule has 3 aromatic rings. The van der Waals surface area contributed by atoms with Crippen molar-refractivity contribution in [1.29, 1.82) is 0 Å². The number of hydrogen-bond acceptors (Lipinski definition) is 13. The summed E-state index contributed by atoms with van der Waals surface area (Å²) in [6, 6.07) is 2.56. The highest BCUT2D eigenvalue weighted by Crippen LogP contribution is 2.31. The van der Waals surface area contributed by atoms with E-state index in [0.717, 1.165) is 11.0 Å². The SMILES string of the molecule is Cc1nc(C)c([N+](=O)[O-])c(N(Cc2ccc(F)nc2)C(=O)OC(C)(C)C)n1.Cc1nc(C)c([N+](=O)[O-])c(NC(=O)OC(C)(C)C)n1. The fourth-order valence-corrected chi connectivity index (χ4v) is 3.73. The molecule has 0 saturated carbocycles. The number of carbonyl (C=O) groups excluding carboxylic acids is 2. The smallest absolute Gasteiger partial charge is 0.416 e. The Kier molecular flexibility index (Phi) is 11.6. The molecule has 0 saturated heterocycles. The van der Waals surface area contributed by atoms with Crippen molar-refractivity contribution in [2.24, 2.45) is 0 Å². The number of rotatable bonds is 6. The zero-order valence-electron chi connectivity index (χ0n) is 27.2. The second-order valence-electron chi connectivity index (χ2n) is 11.8. The van der Waals surface area contributed by atoms with Crippen molar-refractivity contribution in [2.45, 2.75) is 87.0 Å². The predicted octanol–water partition coefficient (Wildman–Crippen LogP) is 5.83. The number of halogens is 1. The Bertz CT molecular complexity index is 1620. The second kappa shape index (κ2) is 14.6. The maximum atomic E-state index is 13.1. The minimum Gasteiger partial charge on any atom is -0.444 e. The summed E-state index contributed by atoms with van der Waals surface area (Å²) in [6.45, 7) is 16.0. The van der Waals surface area contributed by atoms with Crippen LogP contribution >= 0.6 is 0 Å². The van der Waals surface area contributed by atoms with Gasteiger partial charge in [-0.3, -0.25) is 30.4 Å². The predicted molar refractivity (Wildman–Crippen MR) is 163 cm³/mol. The largest absolute Gasteiger partial charge is 0.444 e. The molecule has 3 aromatic heterocycles. The third-order valence-corrected chi connectivity index (χ3v) is 5.31. The van der Waals surface area contributed by atoms with Crippen molar-refractivity contribution in [1.82, 2.24) is 24.9 Å². The fraction of sp³-hybridized carbons (Fsp3) is 0.464. The first-order chi connectivity index (χ1) is 21.1. The van der Waals surface area contributed by atoms with Gasteiger partial charge in [-0.2, -0.15) is 4.39 Å². The van der Waals surface area contributed by atoms with Crippen LogP contribution in [-0.4, -0.2) is 58.2 Å². The third-order valence-electron chi connectivity index (χ3n) is 5.31. The molecular formula is C28H36FN9O8. The number of nitrogens with zero attached hydrogens (tertiary/aromatic N) is 8. The van der Waals surface area contributed by atoms with E-state index in [1.165, 1.54) is 26.1 Å². The first-order valence-electron chi connectivity index (χ1n) is 13.7. The lowest BCUT2D eigenvalue weighted by Gasteiger charge is -2.26. The number of nitro groups is 2. The number of ether oxygens (including phenoxy) is 2. The van der Waals surface area contributed by atoms with E-state index < -0.39 is 44.9 Å². The Morgan fingerprint density at radius 2 is 1.37 bits per heavy atom. The van der Waals surface area contributed by atoms with Gasteiger partial charge in [0.15, 0.2) is 0 Å². The molecule has 3 rings (SSSR count). The van der Waals surface area contributed by atoms with Gasteiger partial charge in [-0.25, -0.2) is 34.5 Å². The van der Waals surface area contributed by atoms with Gasteiger partial charge < -0.3 is 9.47 Å². The van der Waals surface area contributed by atoms with Crippen molar-refractivity contribution in [3.05, 3.63) is 73.1 Å². The number of aryl methyl sites for hydroxylation is 4. The Morgan fingerprint density at radius 3 is 1.85 bits per heavy atom. The monoisotopic (exact) mass is 645 g/mol. The van der Waals surface area contributed by atoms with E-state index in [0.29, 0.717) is 11.4 Å². The summed E-state index contributed by atoms with van der Waals surface area (Å²) in [5, 5.41) is 24.8. The average molecular weight is 646 g/mol. The van der Waals surface area contributed by atoms with Crippen molar-refractivity contribution in [2.75, 3.05) is 10.2 Å². The molecule has 0 radical (unpaired) electrons. The molecule has 0 bridgehead atoms. The number of anilines is 2. The molecule has 0 spiro atoms. The van der Waals surface area contributed by atoms with E-state index in [2.05, 4.69) is 30.2 Å². The zero-order chi connectivity index (χ0) is 35.1. The van der Waals surface area contributed by atoms with Crippen LogP contribution in [0.5, 0.6) is 0 Å². The first-order valence-corrected chi connectivity index (χ1v) is 13.7. The second-order valence-corrected chi connectivity index (χ2v) is 11.8. The number of amides is 2. The van der Waals surface area contributed by atoms with Gasteiger partial charge in [0.25, 0.3) is 0 Å². The van der Waals surface area contributed by atoms with Crippen LogP contribution in [0.3, 0.4) is 0 Å². The van der Waals surface area contributed by atoms with Crippen molar-refractivity contribution in [3.63, 3.8) is 0 Å². The molecule has 0 atom stereocenters. The molecule has 2 amide bonds. The maximum absolute atomic E-state index is 13.1. The van der Waals surface area contributed by atoms with E-state index >= 15 is 0 Å². The highest BCUT2D eigenvalue weighted by molar-refractivity contribution is 5.89. The summed E-state index contributed by atoms with van der Waals surface area (Å²) in [6.07, 6.45) is -0.389. The van der Waals surface area contributed by atoms with Gasteiger partial charge in [0.2, 0.25) is 17.6 Å². The van der Waals surface area contributed by atoms with Crippen LogP contribution < -0.4 is 10.2 Å². The quantitative estimate of drug-likeness (QED) is 0.190. The normalized spacial score (nSPS) is 11.1. The van der Waals surface area contributed by atoms with Crippen LogP contribution in [0.2, 0.25) is 0 Å². The van der Waals surface area contributed by atoms with Crippen LogP contribution in [0, 0.1) is 53.9 Å². The van der Waals surface area contributed by atoms with Crippen molar-refractivity contribution >= 4 is 35.2 Å². The molecule has 1 N–H and O–H groups in total. The summed E-state index contributed by atoms with van der Waals surface area (Å²) in [7, 11) is 0. The molecule has 0 fully saturated rings. The summed E-state index contributed by atoms with van der Waals surface area (Å²) >= 11 is 0. The average Bonchev–Trinajstić information content (AvgIpc) is 2.85. The molecule has 0 aliphatic rings. The molecule has 17 nitrogen and oxygen atoms in total. The van der Waals surface area contributed by atoms with Crippen LogP contribution in [0.25, 0.3) is 0 Å². The van der Waals surface area contributed by atoms with Crippen molar-refractivity contribution < 1.29 is 33.3 Å². The molecule has 248 valence electrons. The van der Waals surface area contributed by atoms with E-state index in [1.54, 1.807) is 55.4 Å². The molecule has 0 unspecified atom stereocenters. The van der Waals surface area contributed by atoms with Gasteiger partial charge in [0, 0.05) is 6.20 Å². The highest BCUT2D eigenvalue weighted by atomic mass is 19.1. The lowest BCUT2D eigenvalue weighted by atomic mass is 10.2. The molecular weight excluding hydrogens is 609 g/mol. The van der Waals surface area contributed by atoms with Gasteiger partial charge in [0.1, 0.15) is 34.2 Å². The van der Waals surface area contributed by atoms with E-state index in [1.807, 2.05) is 0 Å². The highest BCUT2D eigenvalue weighted by Gasteiger charge is 2.33. The molecule has 0 aliphatic carbocycles. The standard InChI is InChI=1S/C17H20FN5O4.C11H16N4O4/c1-10-14(23(25)26)15(21-11(2)20-10)22(16(24)27-17(3,4)5)9-12-6-7-13(18)19-8-12;1-6-8(15(17)18)9(13-7(2)12-6)14-10(16)19-11(3,4)5/h6-8H,9H2,1-5H3;1-5H3,(H,12,13,14,16). The van der Waals surface area contributed by atoms with Crippen molar-refractivity contribution in [3.8, 4) is 0 Å². The fourth-order valence-electron chi connectivity index (χ4n) is 3.73. The molecule has 0 aliphatic heterocycles. The Hall–Kier alpha value is -5.42. The zero-order valence-corrected chi connectivity index (χ0v) is 27.2. The summed E-state index contributed by atoms with van der Waals surface area (Å²) in [5.41, 5.74) is -1.52. The maximum Gasteiger partial charge on any atom is 0.416 e. The minimum atomic E-state index is -0.831. The number of nitrogens with one attached hydrogen (secondary N) is 1. The van der Waals surface area contributed by atoms with Gasteiger partial charge in [-0.1, -0.05) is 6.07 Å². The van der Waals surface area contributed by atoms with Gasteiger partial charge in [-0.05, 0) is 80.9 Å². The Labute approximate surface area is 263 Å². The molecule has 3 heterocycles. The lowest BCUT2D eigenvalue weighted by molar-refractivity contribution is -0.385. The van der Waals surface area contributed by atoms with Gasteiger partial charge in [-0.15, -0.1) is 0 Å². The summed E-state index contributed by atoms with van der Waals surface area (Å²) in [4.78, 5) is 66.0. The minimum absolute atomic E-state index is 0.119. The Morgan fingerprint density at radius 1 is 0.848 bits per heavy atom. The number of hydrogen-bond donors (Lipinski definition) is 1. The number of pyridine rings is 1. The summed E-state index contributed by atoms with van der Waals surface area (Å²) < 4.78 is 23.5. The van der Waals surface area contributed by atoms with E-state index in [-0.39, 0.29) is 41.1 Å². The third kappa shape index (κ3) is 10.9. The van der Waals surface area contributed by atoms with Crippen LogP contribution in [0.15, 0.2) is 18.3 Å². The number of carbonyl (C=O) groups is 2. The van der Waals surface area contributed by atoms with Crippen LogP contribution in [0.4, 0.5) is 37.0 Å². The van der Waals surface area contributed by atoms with Crippen LogP contribution in [0.1, 0.15) is 70.1 Å².